The number of benzene rings is 2. The van der Waals surface area contributed by atoms with Crippen LogP contribution in [0.15, 0.2) is 47.5 Å². The number of nitrogens with one attached hydrogen (secondary N) is 1. The van der Waals surface area contributed by atoms with Crippen molar-refractivity contribution in [3.8, 4) is 11.5 Å². The first-order valence-corrected chi connectivity index (χ1v) is 8.55. The number of aliphatic imine (C=N–C) groups is 1. The Morgan fingerprint density at radius 3 is 2.57 bits per heavy atom. The molecule has 1 atom stereocenters. The van der Waals surface area contributed by atoms with E-state index in [4.69, 9.17) is 9.47 Å². The number of ether oxygens (including phenoxy) is 2. The van der Waals surface area contributed by atoms with Crippen LogP contribution >= 0.6 is 0 Å². The van der Waals surface area contributed by atoms with Gasteiger partial charge >= 0.3 is 6.03 Å². The van der Waals surface area contributed by atoms with Crippen LogP contribution in [0.2, 0.25) is 0 Å². The van der Waals surface area contributed by atoms with E-state index in [0.717, 1.165) is 17.2 Å². The van der Waals surface area contributed by atoms with Crippen LogP contribution in [0.5, 0.6) is 11.5 Å². The summed E-state index contributed by atoms with van der Waals surface area (Å²) in [5.41, 5.74) is 0.0170. The lowest BCUT2D eigenvalue weighted by Crippen LogP contribution is -2.58. The second-order valence-electron chi connectivity index (χ2n) is 6.04. The number of amides is 4. The maximum atomic E-state index is 12.9. The minimum absolute atomic E-state index is 0.0529. The molecule has 0 aliphatic carbocycles. The number of hydrogen-bond donors (Lipinski definition) is 1. The number of hydrogen-bond acceptors (Lipinski definition) is 8. The number of barbiturate groups is 1. The van der Waals surface area contributed by atoms with Crippen LogP contribution < -0.4 is 19.7 Å². The first-order chi connectivity index (χ1) is 14.3. The molecule has 11 nitrogen and oxygen atoms in total. The molecule has 1 saturated heterocycles. The van der Waals surface area contributed by atoms with Gasteiger partial charge in [0.1, 0.15) is 17.2 Å². The molecule has 30 heavy (non-hydrogen) atoms. The molecule has 2 aromatic rings. The summed E-state index contributed by atoms with van der Waals surface area (Å²) in [6, 6.07) is 9.01. The maximum Gasteiger partial charge on any atom is 0.335 e. The van der Waals surface area contributed by atoms with Crippen molar-refractivity contribution >= 4 is 41.1 Å². The van der Waals surface area contributed by atoms with Gasteiger partial charge in [-0.15, -0.1) is 0 Å². The third-order valence-electron chi connectivity index (χ3n) is 4.25. The number of nitro benzene ring substituents is 1. The van der Waals surface area contributed by atoms with Gasteiger partial charge in [-0.1, -0.05) is 6.07 Å². The molecule has 4 amide bonds. The molecular weight excluding hydrogens is 396 g/mol. The summed E-state index contributed by atoms with van der Waals surface area (Å²) in [6.07, 6.45) is 1.01. The molecule has 1 aliphatic heterocycles. The highest BCUT2D eigenvalue weighted by atomic mass is 16.6. The van der Waals surface area contributed by atoms with Crippen molar-refractivity contribution in [2.75, 3.05) is 19.1 Å². The van der Waals surface area contributed by atoms with Crippen LogP contribution in [0.25, 0.3) is 0 Å². The van der Waals surface area contributed by atoms with Crippen LogP contribution in [0.3, 0.4) is 0 Å². The van der Waals surface area contributed by atoms with Crippen molar-refractivity contribution in [2.45, 2.75) is 0 Å². The van der Waals surface area contributed by atoms with Gasteiger partial charge in [-0.05, 0) is 18.2 Å². The largest absolute Gasteiger partial charge is 0.497 e. The number of urea groups is 1. The lowest BCUT2D eigenvalue weighted by atomic mass is 10.1. The monoisotopic (exact) mass is 412 g/mol. The Kier molecular flexibility index (Phi) is 5.72. The molecule has 0 spiro atoms. The first-order valence-electron chi connectivity index (χ1n) is 8.55. The average Bonchev–Trinajstić information content (AvgIpc) is 2.73. The van der Waals surface area contributed by atoms with E-state index in [0.29, 0.717) is 5.75 Å². The number of rotatable bonds is 6. The Morgan fingerprint density at radius 2 is 1.90 bits per heavy atom. The molecule has 0 saturated carbocycles. The summed E-state index contributed by atoms with van der Waals surface area (Å²) < 4.78 is 10.2. The van der Waals surface area contributed by atoms with Gasteiger partial charge in [0.05, 0.1) is 24.8 Å². The summed E-state index contributed by atoms with van der Waals surface area (Å²) in [7, 11) is 2.78. The van der Waals surface area contributed by atoms with Crippen molar-refractivity contribution < 1.29 is 28.8 Å². The van der Waals surface area contributed by atoms with Gasteiger partial charge in [-0.3, -0.25) is 30.0 Å². The van der Waals surface area contributed by atoms with E-state index in [1.807, 2.05) is 0 Å². The zero-order valence-electron chi connectivity index (χ0n) is 15.9. The van der Waals surface area contributed by atoms with E-state index in [2.05, 4.69) is 10.3 Å². The number of carbonyl (C=O) groups excluding carboxylic acids is 3. The topological polar surface area (TPSA) is 140 Å². The van der Waals surface area contributed by atoms with Crippen molar-refractivity contribution in [1.29, 1.82) is 0 Å². The predicted octanol–water partition coefficient (Wildman–Crippen LogP) is 2.21. The number of nitro groups is 1. The summed E-state index contributed by atoms with van der Waals surface area (Å²) >= 11 is 0. The van der Waals surface area contributed by atoms with Gasteiger partial charge < -0.3 is 9.47 Å². The van der Waals surface area contributed by atoms with Crippen LogP contribution in [0.1, 0.15) is 0 Å². The van der Waals surface area contributed by atoms with Crippen molar-refractivity contribution in [3.05, 3.63) is 52.6 Å². The van der Waals surface area contributed by atoms with E-state index >= 15 is 0 Å². The highest BCUT2D eigenvalue weighted by Crippen LogP contribution is 2.32. The average molecular weight is 412 g/mol. The van der Waals surface area contributed by atoms with Gasteiger partial charge in [0.25, 0.3) is 11.6 Å². The van der Waals surface area contributed by atoms with Gasteiger partial charge in [0.2, 0.25) is 5.91 Å². The molecule has 0 unspecified atom stereocenters. The summed E-state index contributed by atoms with van der Waals surface area (Å²) in [5.74, 6) is -2.50. The second-order valence-corrected chi connectivity index (χ2v) is 6.04. The maximum absolute atomic E-state index is 12.9. The normalized spacial score (nSPS) is 16.5. The SMILES string of the molecule is COc1cccc(N2C(=O)NC(=O)[C@H](C=Nc3cc([N+](=O)[O-])ccc3OC)C2=O)c1. The zero-order valence-corrected chi connectivity index (χ0v) is 15.9. The van der Waals surface area contributed by atoms with E-state index in [1.165, 1.54) is 38.5 Å². The van der Waals surface area contributed by atoms with E-state index in [9.17, 15) is 24.5 Å². The molecule has 2 aromatic carbocycles. The molecule has 0 radical (unpaired) electrons. The first kappa shape index (κ1) is 20.5. The van der Waals surface area contributed by atoms with Gasteiger partial charge in [-0.25, -0.2) is 9.69 Å². The van der Waals surface area contributed by atoms with Gasteiger partial charge in [0.15, 0.2) is 5.92 Å². The van der Waals surface area contributed by atoms with Crippen LogP contribution in [0.4, 0.5) is 21.9 Å². The van der Waals surface area contributed by atoms with Crippen molar-refractivity contribution in [1.82, 2.24) is 5.32 Å². The third-order valence-corrected chi connectivity index (χ3v) is 4.25. The van der Waals surface area contributed by atoms with E-state index < -0.39 is 28.7 Å². The Labute approximate surface area is 170 Å². The quantitative estimate of drug-likeness (QED) is 0.332. The summed E-state index contributed by atoms with van der Waals surface area (Å²) in [5, 5.41) is 13.1. The molecule has 3 rings (SSSR count). The van der Waals surface area contributed by atoms with Crippen LogP contribution in [-0.2, 0) is 9.59 Å². The molecular formula is C19H16N4O7. The summed E-state index contributed by atoms with van der Waals surface area (Å²) in [4.78, 5) is 52.6. The Morgan fingerprint density at radius 1 is 1.13 bits per heavy atom. The second kappa shape index (κ2) is 8.39. The molecule has 11 heteroatoms. The minimum Gasteiger partial charge on any atom is -0.497 e. The van der Waals surface area contributed by atoms with E-state index in [1.54, 1.807) is 12.1 Å². The number of anilines is 1. The molecule has 0 aromatic heterocycles. The number of nitrogens with zero attached hydrogens (tertiary/aromatic N) is 3. The highest BCUT2D eigenvalue weighted by molar-refractivity contribution is 6.32. The predicted molar refractivity (Wildman–Crippen MR) is 105 cm³/mol. The van der Waals surface area contributed by atoms with Gasteiger partial charge in [0, 0.05) is 24.4 Å². The molecule has 1 fully saturated rings. The third kappa shape index (κ3) is 3.94. The smallest absolute Gasteiger partial charge is 0.335 e. The molecule has 154 valence electrons. The molecule has 1 N–H and O–H groups in total. The Balaban J connectivity index is 1.94. The van der Waals surface area contributed by atoms with Crippen LogP contribution in [-0.4, -0.2) is 43.2 Å². The highest BCUT2D eigenvalue weighted by Gasteiger charge is 2.40. The zero-order chi connectivity index (χ0) is 21.8. The minimum atomic E-state index is -1.43. The number of non-ortho nitro benzene ring substituents is 1. The lowest BCUT2D eigenvalue weighted by molar-refractivity contribution is -0.384. The fourth-order valence-corrected chi connectivity index (χ4v) is 2.76. The van der Waals surface area contributed by atoms with Gasteiger partial charge in [-0.2, -0.15) is 0 Å². The number of imide groups is 2. The molecule has 1 aliphatic rings. The van der Waals surface area contributed by atoms with Crippen molar-refractivity contribution in [3.63, 3.8) is 0 Å². The van der Waals surface area contributed by atoms with Crippen molar-refractivity contribution in [2.24, 2.45) is 10.9 Å². The fraction of sp³-hybridized carbons (Fsp3) is 0.158. The fourth-order valence-electron chi connectivity index (χ4n) is 2.76. The van der Waals surface area contributed by atoms with Crippen LogP contribution in [0, 0.1) is 16.0 Å². The number of methoxy groups -OCH3 is 2. The Hall–Kier alpha value is -4.28. The standard InChI is InChI=1S/C19H16N4O7/c1-29-13-5-3-4-11(8-13)22-18(25)14(17(24)21-19(22)26)10-20-15-9-12(23(27)28)6-7-16(15)30-2/h3-10,14H,1-2H3,(H,21,24,26)/t14-/m0/s1. The number of carbonyl (C=O) groups is 3. The summed E-state index contributed by atoms with van der Waals surface area (Å²) in [6.45, 7) is 0. The molecule has 1 heterocycles. The lowest BCUT2D eigenvalue weighted by Gasteiger charge is -2.28. The van der Waals surface area contributed by atoms with E-state index in [-0.39, 0.29) is 22.8 Å². The Bertz CT molecular complexity index is 1070. The molecule has 0 bridgehead atoms.